The van der Waals surface area contributed by atoms with Gasteiger partial charge in [-0.05, 0) is 32.4 Å². The smallest absolute Gasteiger partial charge is 0.235 e. The molecule has 1 atom stereocenters. The number of carbonyl (C=O) groups excluding carboxylic acids is 1. The monoisotopic (exact) mass is 294 g/mol. The lowest BCUT2D eigenvalue weighted by molar-refractivity contribution is -0.131. The standard InChI is InChI=1S/C14H22N4OS/c1-10(20-2)14(19)17-8-5-11(6-9-17)13-16-15-12-4-3-7-18(12)13/h10-11H,3-9H2,1-2H3. The summed E-state index contributed by atoms with van der Waals surface area (Å²) in [7, 11) is 0. The Hall–Kier alpha value is -1.04. The molecule has 1 unspecified atom stereocenters. The molecule has 1 aromatic heterocycles. The molecular weight excluding hydrogens is 272 g/mol. The largest absolute Gasteiger partial charge is 0.342 e. The number of carbonyl (C=O) groups is 1. The van der Waals surface area contributed by atoms with Crippen LogP contribution < -0.4 is 0 Å². The summed E-state index contributed by atoms with van der Waals surface area (Å²) in [6, 6.07) is 0. The zero-order valence-corrected chi connectivity index (χ0v) is 13.0. The Labute approximate surface area is 124 Å². The van der Waals surface area contributed by atoms with Crippen molar-refractivity contribution in [1.82, 2.24) is 19.7 Å². The fourth-order valence-corrected chi connectivity index (χ4v) is 3.54. The predicted octanol–water partition coefficient (Wildman–Crippen LogP) is 1.68. The van der Waals surface area contributed by atoms with Gasteiger partial charge < -0.3 is 9.47 Å². The van der Waals surface area contributed by atoms with Crippen LogP contribution in [0.2, 0.25) is 0 Å². The molecule has 0 aliphatic carbocycles. The van der Waals surface area contributed by atoms with E-state index in [4.69, 9.17) is 0 Å². The quantitative estimate of drug-likeness (QED) is 0.851. The molecule has 0 spiro atoms. The van der Waals surface area contributed by atoms with Crippen molar-refractivity contribution in [3.8, 4) is 0 Å². The van der Waals surface area contributed by atoms with Crippen LogP contribution in [0.1, 0.15) is 43.8 Å². The van der Waals surface area contributed by atoms with Gasteiger partial charge in [-0.3, -0.25) is 4.79 Å². The molecule has 0 aromatic carbocycles. The average Bonchev–Trinajstić information content (AvgIpc) is 3.08. The van der Waals surface area contributed by atoms with Gasteiger partial charge in [0, 0.05) is 32.0 Å². The van der Waals surface area contributed by atoms with Gasteiger partial charge in [0.2, 0.25) is 5.91 Å². The van der Waals surface area contributed by atoms with Gasteiger partial charge in [-0.1, -0.05) is 0 Å². The van der Waals surface area contributed by atoms with E-state index >= 15 is 0 Å². The fraction of sp³-hybridized carbons (Fsp3) is 0.786. The van der Waals surface area contributed by atoms with Gasteiger partial charge in [0.1, 0.15) is 11.6 Å². The van der Waals surface area contributed by atoms with Gasteiger partial charge in [0.05, 0.1) is 5.25 Å². The number of rotatable bonds is 3. The lowest BCUT2D eigenvalue weighted by Crippen LogP contribution is -2.42. The Bertz CT molecular complexity index is 493. The van der Waals surface area contributed by atoms with Gasteiger partial charge in [0.25, 0.3) is 0 Å². The Morgan fingerprint density at radius 3 is 2.75 bits per heavy atom. The molecule has 1 saturated heterocycles. The van der Waals surface area contributed by atoms with Crippen LogP contribution in [0.3, 0.4) is 0 Å². The highest BCUT2D eigenvalue weighted by Crippen LogP contribution is 2.29. The first-order chi connectivity index (χ1) is 9.70. The molecule has 3 heterocycles. The summed E-state index contributed by atoms with van der Waals surface area (Å²) in [5, 5.41) is 8.76. The SMILES string of the molecule is CSC(C)C(=O)N1CCC(c2nnc3n2CCC3)CC1. The summed E-state index contributed by atoms with van der Waals surface area (Å²) < 4.78 is 2.30. The predicted molar refractivity (Wildman–Crippen MR) is 79.9 cm³/mol. The van der Waals surface area contributed by atoms with Crippen LogP contribution in [0.4, 0.5) is 0 Å². The van der Waals surface area contributed by atoms with E-state index in [1.165, 1.54) is 6.42 Å². The van der Waals surface area contributed by atoms with Crippen molar-refractivity contribution in [3.05, 3.63) is 11.6 Å². The molecule has 1 amide bonds. The minimum atomic E-state index is 0.0730. The second kappa shape index (κ2) is 5.76. The van der Waals surface area contributed by atoms with Crippen molar-refractivity contribution >= 4 is 17.7 Å². The number of nitrogens with zero attached hydrogens (tertiary/aromatic N) is 4. The van der Waals surface area contributed by atoms with Crippen molar-refractivity contribution in [2.45, 2.75) is 50.3 Å². The lowest BCUT2D eigenvalue weighted by Gasteiger charge is -2.33. The second-order valence-corrected chi connectivity index (χ2v) is 6.89. The van der Waals surface area contributed by atoms with Crippen LogP contribution in [0.25, 0.3) is 0 Å². The summed E-state index contributed by atoms with van der Waals surface area (Å²) in [5.41, 5.74) is 0. The molecular formula is C14H22N4OS. The van der Waals surface area contributed by atoms with Crippen molar-refractivity contribution in [2.24, 2.45) is 0 Å². The normalized spacial score (nSPS) is 21.0. The molecule has 5 nitrogen and oxygen atoms in total. The Morgan fingerprint density at radius 1 is 1.30 bits per heavy atom. The Morgan fingerprint density at radius 2 is 2.05 bits per heavy atom. The van der Waals surface area contributed by atoms with Gasteiger partial charge >= 0.3 is 0 Å². The lowest BCUT2D eigenvalue weighted by atomic mass is 9.95. The van der Waals surface area contributed by atoms with Crippen LogP contribution >= 0.6 is 11.8 Å². The molecule has 110 valence electrons. The third-order valence-corrected chi connectivity index (χ3v) is 5.42. The van der Waals surface area contributed by atoms with Crippen LogP contribution in [-0.4, -0.2) is 50.2 Å². The minimum absolute atomic E-state index is 0.0730. The maximum absolute atomic E-state index is 12.2. The third-order valence-electron chi connectivity index (χ3n) is 4.51. The van der Waals surface area contributed by atoms with E-state index in [0.29, 0.717) is 5.92 Å². The van der Waals surface area contributed by atoms with Crippen LogP contribution in [-0.2, 0) is 17.8 Å². The van der Waals surface area contributed by atoms with Crippen molar-refractivity contribution in [1.29, 1.82) is 0 Å². The first-order valence-corrected chi connectivity index (χ1v) is 8.73. The number of fused-ring (bicyclic) bond motifs is 1. The molecule has 0 N–H and O–H groups in total. The van der Waals surface area contributed by atoms with Crippen molar-refractivity contribution in [2.75, 3.05) is 19.3 Å². The van der Waals surface area contributed by atoms with Gasteiger partial charge in [-0.15, -0.1) is 10.2 Å². The number of aryl methyl sites for hydroxylation is 1. The van der Waals surface area contributed by atoms with Crippen LogP contribution in [0.15, 0.2) is 0 Å². The Balaban J connectivity index is 1.62. The van der Waals surface area contributed by atoms with Crippen molar-refractivity contribution < 1.29 is 4.79 Å². The average molecular weight is 294 g/mol. The maximum Gasteiger partial charge on any atom is 0.235 e. The van der Waals surface area contributed by atoms with E-state index in [2.05, 4.69) is 14.8 Å². The highest BCUT2D eigenvalue weighted by molar-refractivity contribution is 7.99. The topological polar surface area (TPSA) is 51.0 Å². The molecule has 3 rings (SSSR count). The van der Waals surface area contributed by atoms with Crippen LogP contribution in [0, 0.1) is 0 Å². The zero-order chi connectivity index (χ0) is 14.1. The number of piperidine rings is 1. The summed E-state index contributed by atoms with van der Waals surface area (Å²) in [6.45, 7) is 4.78. The molecule has 0 radical (unpaired) electrons. The van der Waals surface area contributed by atoms with E-state index in [9.17, 15) is 4.79 Å². The summed E-state index contributed by atoms with van der Waals surface area (Å²) in [6.07, 6.45) is 6.29. The van der Waals surface area contributed by atoms with E-state index in [-0.39, 0.29) is 11.2 Å². The van der Waals surface area contributed by atoms with Crippen LogP contribution in [0.5, 0.6) is 0 Å². The molecule has 1 fully saturated rings. The highest BCUT2D eigenvalue weighted by Gasteiger charge is 2.30. The molecule has 6 heteroatoms. The fourth-order valence-electron chi connectivity index (χ4n) is 3.19. The summed E-state index contributed by atoms with van der Waals surface area (Å²) >= 11 is 1.62. The van der Waals surface area contributed by atoms with E-state index in [0.717, 1.165) is 50.5 Å². The minimum Gasteiger partial charge on any atom is -0.342 e. The molecule has 2 aliphatic heterocycles. The van der Waals surface area contributed by atoms with Crippen molar-refractivity contribution in [3.63, 3.8) is 0 Å². The molecule has 0 bridgehead atoms. The zero-order valence-electron chi connectivity index (χ0n) is 12.2. The second-order valence-electron chi connectivity index (χ2n) is 5.71. The molecule has 0 saturated carbocycles. The van der Waals surface area contributed by atoms with E-state index in [1.54, 1.807) is 11.8 Å². The van der Waals surface area contributed by atoms with Gasteiger partial charge in [0.15, 0.2) is 0 Å². The summed E-state index contributed by atoms with van der Waals surface area (Å²) in [4.78, 5) is 14.2. The Kier molecular flexibility index (Phi) is 4.01. The number of likely N-dealkylation sites (tertiary alicyclic amines) is 1. The highest BCUT2D eigenvalue weighted by atomic mass is 32.2. The third kappa shape index (κ3) is 2.45. The maximum atomic E-state index is 12.2. The van der Waals surface area contributed by atoms with Gasteiger partial charge in [-0.2, -0.15) is 11.8 Å². The number of aromatic nitrogens is 3. The van der Waals surface area contributed by atoms with Gasteiger partial charge in [-0.25, -0.2) is 0 Å². The first kappa shape index (κ1) is 13.9. The molecule has 1 aromatic rings. The summed E-state index contributed by atoms with van der Waals surface area (Å²) in [5.74, 6) is 3.06. The number of thioether (sulfide) groups is 1. The molecule has 20 heavy (non-hydrogen) atoms. The number of hydrogen-bond donors (Lipinski definition) is 0. The first-order valence-electron chi connectivity index (χ1n) is 7.44. The van der Waals surface area contributed by atoms with E-state index in [1.807, 2.05) is 18.1 Å². The number of hydrogen-bond acceptors (Lipinski definition) is 4. The van der Waals surface area contributed by atoms with E-state index < -0.39 is 0 Å². The molecule has 2 aliphatic rings. The number of amides is 1.